The molecule has 11 heavy (non-hydrogen) atoms. The van der Waals surface area contributed by atoms with Crippen molar-refractivity contribution in [2.45, 2.75) is 5.92 Å². The second kappa shape index (κ2) is 2.38. The molecule has 1 aromatic carbocycles. The Bertz CT molecular complexity index is 268. The number of carbonyl (C=O) groups excluding carboxylic acids is 1. The zero-order valence-electron chi connectivity index (χ0n) is 6.08. The monoisotopic (exact) mass is 147 g/mol. The Morgan fingerprint density at radius 3 is 2.45 bits per heavy atom. The fraction of sp³-hybridized carbons (Fsp3) is 0.222. The maximum atomic E-state index is 10.9. The van der Waals surface area contributed by atoms with Gasteiger partial charge < -0.3 is 5.32 Å². The van der Waals surface area contributed by atoms with Crippen LogP contribution in [0.1, 0.15) is 11.5 Å². The van der Waals surface area contributed by atoms with Crippen molar-refractivity contribution < 1.29 is 4.79 Å². The van der Waals surface area contributed by atoms with Gasteiger partial charge in [-0.25, -0.2) is 0 Å². The van der Waals surface area contributed by atoms with Gasteiger partial charge in [0.2, 0.25) is 5.91 Å². The number of nitrogens with one attached hydrogen (secondary N) is 1. The molecule has 1 heterocycles. The van der Waals surface area contributed by atoms with Crippen molar-refractivity contribution in [3.05, 3.63) is 35.9 Å². The van der Waals surface area contributed by atoms with E-state index in [1.54, 1.807) is 0 Å². The highest BCUT2D eigenvalue weighted by Crippen LogP contribution is 2.19. The third-order valence-electron chi connectivity index (χ3n) is 2.00. The Hall–Kier alpha value is -1.31. The first-order valence-electron chi connectivity index (χ1n) is 3.70. The van der Waals surface area contributed by atoms with Crippen LogP contribution in [0.4, 0.5) is 0 Å². The Morgan fingerprint density at radius 2 is 2.00 bits per heavy atom. The minimum Gasteiger partial charge on any atom is -0.354 e. The molecule has 0 saturated carbocycles. The lowest BCUT2D eigenvalue weighted by Gasteiger charge is -2.25. The Labute approximate surface area is 65.2 Å². The smallest absolute Gasteiger partial charge is 0.229 e. The maximum Gasteiger partial charge on any atom is 0.229 e. The summed E-state index contributed by atoms with van der Waals surface area (Å²) < 4.78 is 0. The topological polar surface area (TPSA) is 29.1 Å². The molecule has 1 amide bonds. The molecule has 1 atom stereocenters. The van der Waals surface area contributed by atoms with Crippen molar-refractivity contribution in [1.82, 2.24) is 5.32 Å². The first kappa shape index (κ1) is 6.40. The van der Waals surface area contributed by atoms with Crippen LogP contribution in [0.5, 0.6) is 0 Å². The molecule has 2 heteroatoms. The maximum absolute atomic E-state index is 10.9. The molecule has 1 fully saturated rings. The van der Waals surface area contributed by atoms with Crippen LogP contribution in [0.3, 0.4) is 0 Å². The number of carbonyl (C=O) groups is 1. The van der Waals surface area contributed by atoms with E-state index >= 15 is 0 Å². The zero-order chi connectivity index (χ0) is 7.68. The second-order valence-electron chi connectivity index (χ2n) is 2.71. The van der Waals surface area contributed by atoms with Crippen LogP contribution in [0, 0.1) is 0 Å². The van der Waals surface area contributed by atoms with Crippen molar-refractivity contribution in [2.75, 3.05) is 6.54 Å². The summed E-state index contributed by atoms with van der Waals surface area (Å²) in [5, 5.41) is 2.72. The molecule has 2 nitrogen and oxygen atoms in total. The molecular formula is C9H9NO. The van der Waals surface area contributed by atoms with Gasteiger partial charge in [0.15, 0.2) is 0 Å². The summed E-state index contributed by atoms with van der Waals surface area (Å²) >= 11 is 0. The quantitative estimate of drug-likeness (QED) is 0.587. The summed E-state index contributed by atoms with van der Waals surface area (Å²) in [6, 6.07) is 9.86. The van der Waals surface area contributed by atoms with E-state index in [1.165, 1.54) is 0 Å². The van der Waals surface area contributed by atoms with Gasteiger partial charge in [-0.05, 0) is 5.56 Å². The minimum absolute atomic E-state index is 0.108. The van der Waals surface area contributed by atoms with Crippen LogP contribution in [0.15, 0.2) is 30.3 Å². The average Bonchev–Trinajstić information content (AvgIpc) is 2.04. The van der Waals surface area contributed by atoms with Gasteiger partial charge in [-0.15, -0.1) is 0 Å². The summed E-state index contributed by atoms with van der Waals surface area (Å²) in [4.78, 5) is 10.9. The highest BCUT2D eigenvalue weighted by atomic mass is 16.2. The van der Waals surface area contributed by atoms with Crippen LogP contribution in [0.25, 0.3) is 0 Å². The van der Waals surface area contributed by atoms with Crippen molar-refractivity contribution in [3.8, 4) is 0 Å². The SMILES string of the molecule is O=C1NC[C@@H]1c1ccccc1. The molecule has 0 spiro atoms. The lowest BCUT2D eigenvalue weighted by atomic mass is 9.93. The van der Waals surface area contributed by atoms with E-state index in [4.69, 9.17) is 0 Å². The molecular weight excluding hydrogens is 138 g/mol. The Balaban J connectivity index is 2.23. The highest BCUT2D eigenvalue weighted by molar-refractivity contribution is 5.89. The second-order valence-corrected chi connectivity index (χ2v) is 2.71. The van der Waals surface area contributed by atoms with Gasteiger partial charge in [-0.3, -0.25) is 4.79 Å². The molecule has 2 rings (SSSR count). The molecule has 56 valence electrons. The molecule has 0 aliphatic carbocycles. The van der Waals surface area contributed by atoms with Crippen molar-refractivity contribution >= 4 is 5.91 Å². The van der Waals surface area contributed by atoms with Crippen LogP contribution in [-0.4, -0.2) is 12.5 Å². The molecule has 1 saturated heterocycles. The van der Waals surface area contributed by atoms with E-state index in [0.717, 1.165) is 12.1 Å². The van der Waals surface area contributed by atoms with E-state index < -0.39 is 0 Å². The van der Waals surface area contributed by atoms with E-state index in [2.05, 4.69) is 5.32 Å². The number of β-lactam (4-membered cyclic amide) rings is 1. The van der Waals surface area contributed by atoms with Crippen LogP contribution >= 0.6 is 0 Å². The predicted molar refractivity (Wildman–Crippen MR) is 42.2 cm³/mol. The van der Waals surface area contributed by atoms with Gasteiger partial charge in [0.1, 0.15) is 0 Å². The highest BCUT2D eigenvalue weighted by Gasteiger charge is 2.28. The molecule has 1 N–H and O–H groups in total. The van der Waals surface area contributed by atoms with Gasteiger partial charge in [0, 0.05) is 6.54 Å². The molecule has 0 bridgehead atoms. The van der Waals surface area contributed by atoms with Gasteiger partial charge in [-0.2, -0.15) is 0 Å². The standard InChI is InChI=1S/C9H9NO/c11-9-8(6-10-9)7-4-2-1-3-5-7/h1-5,8H,6H2,(H,10,11)/t8-/m1/s1. The molecule has 1 aliphatic heterocycles. The van der Waals surface area contributed by atoms with Crippen LogP contribution < -0.4 is 5.32 Å². The fourth-order valence-corrected chi connectivity index (χ4v) is 1.24. The molecule has 0 aromatic heterocycles. The number of amides is 1. The van der Waals surface area contributed by atoms with Gasteiger partial charge >= 0.3 is 0 Å². The van der Waals surface area contributed by atoms with Crippen LogP contribution in [-0.2, 0) is 4.79 Å². The fourth-order valence-electron chi connectivity index (χ4n) is 1.24. The first-order chi connectivity index (χ1) is 5.38. The van der Waals surface area contributed by atoms with Crippen molar-refractivity contribution in [1.29, 1.82) is 0 Å². The Morgan fingerprint density at radius 1 is 1.27 bits per heavy atom. The number of rotatable bonds is 1. The largest absolute Gasteiger partial charge is 0.354 e. The van der Waals surface area contributed by atoms with Crippen LogP contribution in [0.2, 0.25) is 0 Å². The number of hydrogen-bond donors (Lipinski definition) is 1. The average molecular weight is 147 g/mol. The molecule has 1 aliphatic rings. The summed E-state index contributed by atoms with van der Waals surface area (Å²) in [6.07, 6.45) is 0. The number of benzene rings is 1. The number of hydrogen-bond acceptors (Lipinski definition) is 1. The summed E-state index contributed by atoms with van der Waals surface area (Å²) in [7, 11) is 0. The molecule has 0 radical (unpaired) electrons. The van der Waals surface area contributed by atoms with Gasteiger partial charge in [0.05, 0.1) is 5.92 Å². The predicted octanol–water partition coefficient (Wildman–Crippen LogP) is 0.900. The van der Waals surface area contributed by atoms with E-state index in [1.807, 2.05) is 30.3 Å². The normalized spacial score (nSPS) is 22.2. The summed E-state index contributed by atoms with van der Waals surface area (Å²) in [5.41, 5.74) is 1.12. The lowest BCUT2D eigenvalue weighted by molar-refractivity contribution is -0.127. The third-order valence-corrected chi connectivity index (χ3v) is 2.00. The summed E-state index contributed by atoms with van der Waals surface area (Å²) in [6.45, 7) is 0.794. The molecule has 1 aromatic rings. The van der Waals surface area contributed by atoms with E-state index in [9.17, 15) is 4.79 Å². The Kier molecular flexibility index (Phi) is 1.39. The third kappa shape index (κ3) is 1.00. The van der Waals surface area contributed by atoms with Crippen molar-refractivity contribution in [3.63, 3.8) is 0 Å². The van der Waals surface area contributed by atoms with Gasteiger partial charge in [-0.1, -0.05) is 30.3 Å². The van der Waals surface area contributed by atoms with E-state index in [0.29, 0.717) is 0 Å². The lowest BCUT2D eigenvalue weighted by Crippen LogP contribution is -2.46. The first-order valence-corrected chi connectivity index (χ1v) is 3.70. The van der Waals surface area contributed by atoms with Crippen molar-refractivity contribution in [2.24, 2.45) is 0 Å². The molecule has 0 unspecified atom stereocenters. The summed E-state index contributed by atoms with van der Waals surface area (Å²) in [5.74, 6) is 0.257. The minimum atomic E-state index is 0.108. The van der Waals surface area contributed by atoms with Gasteiger partial charge in [0.25, 0.3) is 0 Å². The van der Waals surface area contributed by atoms with E-state index in [-0.39, 0.29) is 11.8 Å². The zero-order valence-corrected chi connectivity index (χ0v) is 6.08.